The molecular weight excluding hydrogens is 260 g/mol. The Hall–Kier alpha value is -0.890. The molecule has 0 saturated heterocycles. The van der Waals surface area contributed by atoms with E-state index >= 15 is 0 Å². The van der Waals surface area contributed by atoms with Crippen molar-refractivity contribution >= 4 is 5.78 Å². The fourth-order valence-corrected chi connectivity index (χ4v) is 4.76. The van der Waals surface area contributed by atoms with E-state index < -0.39 is 0 Å². The summed E-state index contributed by atoms with van der Waals surface area (Å²) < 4.78 is 0. The lowest BCUT2D eigenvalue weighted by Gasteiger charge is -2.35. The maximum absolute atomic E-state index is 12.3. The molecule has 0 radical (unpaired) electrons. The van der Waals surface area contributed by atoms with Crippen LogP contribution >= 0.6 is 0 Å². The molecule has 4 atom stereocenters. The van der Waals surface area contributed by atoms with Gasteiger partial charge in [0, 0.05) is 11.8 Å². The minimum atomic E-state index is -0.314. The highest BCUT2D eigenvalue weighted by Crippen LogP contribution is 2.52. The molecule has 3 aliphatic rings. The lowest BCUT2D eigenvalue weighted by Crippen LogP contribution is -2.31. The first kappa shape index (κ1) is 15.0. The number of Topliss-reactive ketones (excluding diaryl/α,β-unsaturated/α-hetero) is 1. The number of hydrogen-bond acceptors (Lipinski definition) is 2. The number of ketones is 1. The van der Waals surface area contributed by atoms with E-state index in [9.17, 15) is 9.90 Å². The first-order chi connectivity index (χ1) is 9.83. The molecule has 2 nitrogen and oxygen atoms in total. The highest BCUT2D eigenvalue weighted by atomic mass is 16.3. The van der Waals surface area contributed by atoms with Gasteiger partial charge < -0.3 is 5.11 Å². The number of hydrogen-bond donors (Lipinski definition) is 1. The Labute approximate surface area is 128 Å². The highest BCUT2D eigenvalue weighted by molar-refractivity contribution is 5.98. The van der Waals surface area contributed by atoms with Crippen LogP contribution < -0.4 is 0 Å². The summed E-state index contributed by atoms with van der Waals surface area (Å²) in [5.41, 5.74) is 3.95. The molecule has 0 bridgehead atoms. The van der Waals surface area contributed by atoms with Gasteiger partial charge >= 0.3 is 0 Å². The molecule has 1 saturated carbocycles. The highest BCUT2D eigenvalue weighted by Gasteiger charge is 2.44. The number of allylic oxidation sites excluding steroid dienone is 3. The van der Waals surface area contributed by atoms with Crippen LogP contribution in [0.3, 0.4) is 0 Å². The summed E-state index contributed by atoms with van der Waals surface area (Å²) in [5, 5.41) is 10.7. The van der Waals surface area contributed by atoms with Gasteiger partial charge in [0.2, 0.25) is 0 Å². The van der Waals surface area contributed by atoms with Gasteiger partial charge in [-0.05, 0) is 49.0 Å². The summed E-state index contributed by atoms with van der Waals surface area (Å²) in [6.45, 7) is 8.89. The van der Waals surface area contributed by atoms with E-state index in [4.69, 9.17) is 0 Å². The second kappa shape index (κ2) is 5.08. The summed E-state index contributed by atoms with van der Waals surface area (Å²) in [6, 6.07) is 0. The number of aliphatic hydroxyl groups is 1. The van der Waals surface area contributed by atoms with Crippen molar-refractivity contribution in [2.75, 3.05) is 0 Å². The summed E-state index contributed by atoms with van der Waals surface area (Å²) in [7, 11) is 0. The Kier molecular flexibility index (Phi) is 3.64. The minimum Gasteiger partial charge on any atom is -0.392 e. The van der Waals surface area contributed by atoms with Gasteiger partial charge in [-0.1, -0.05) is 44.9 Å². The molecule has 0 spiro atoms. The molecule has 0 unspecified atom stereocenters. The summed E-state index contributed by atoms with van der Waals surface area (Å²) in [6.07, 6.45) is 6.58. The van der Waals surface area contributed by atoms with Crippen molar-refractivity contribution < 1.29 is 9.90 Å². The zero-order valence-corrected chi connectivity index (χ0v) is 13.8. The van der Waals surface area contributed by atoms with Crippen LogP contribution in [0.4, 0.5) is 0 Å². The molecule has 2 heteroatoms. The van der Waals surface area contributed by atoms with E-state index in [2.05, 4.69) is 33.8 Å². The second-order valence-corrected chi connectivity index (χ2v) is 7.87. The fraction of sp³-hybridized carbons (Fsp3) is 0.737. The van der Waals surface area contributed by atoms with Crippen molar-refractivity contribution in [2.24, 2.45) is 23.2 Å². The quantitative estimate of drug-likeness (QED) is 0.739. The number of rotatable bonds is 1. The van der Waals surface area contributed by atoms with E-state index in [0.717, 1.165) is 31.3 Å². The fourth-order valence-electron chi connectivity index (χ4n) is 4.76. The van der Waals surface area contributed by atoms with Crippen molar-refractivity contribution in [3.8, 4) is 0 Å². The first-order valence-corrected chi connectivity index (χ1v) is 8.50. The van der Waals surface area contributed by atoms with Crippen molar-refractivity contribution in [2.45, 2.75) is 65.9 Å². The normalized spacial score (nSPS) is 42.5. The number of carbonyl (C=O) groups is 1. The van der Waals surface area contributed by atoms with Crippen molar-refractivity contribution in [1.82, 2.24) is 0 Å². The molecule has 1 N–H and O–H groups in total. The van der Waals surface area contributed by atoms with Crippen LogP contribution in [0.5, 0.6) is 0 Å². The molecule has 0 aliphatic heterocycles. The van der Waals surface area contributed by atoms with Gasteiger partial charge in [0.1, 0.15) is 0 Å². The topological polar surface area (TPSA) is 37.3 Å². The smallest absolute Gasteiger partial charge is 0.158 e. The third-order valence-corrected chi connectivity index (χ3v) is 6.22. The summed E-state index contributed by atoms with van der Waals surface area (Å²) >= 11 is 0. The Morgan fingerprint density at radius 2 is 2.05 bits per heavy atom. The summed E-state index contributed by atoms with van der Waals surface area (Å²) in [5.74, 6) is 1.32. The molecule has 3 rings (SSSR count). The number of fused-ring (bicyclic) bond motifs is 2. The van der Waals surface area contributed by atoms with Crippen LogP contribution in [0.2, 0.25) is 0 Å². The van der Waals surface area contributed by atoms with E-state index in [0.29, 0.717) is 18.1 Å². The lowest BCUT2D eigenvalue weighted by molar-refractivity contribution is -0.114. The molecule has 116 valence electrons. The average Bonchev–Trinajstić information content (AvgIpc) is 2.91. The molecule has 0 amide bonds. The first-order valence-electron chi connectivity index (χ1n) is 8.50. The van der Waals surface area contributed by atoms with Gasteiger partial charge in [-0.3, -0.25) is 4.79 Å². The van der Waals surface area contributed by atoms with E-state index in [1.807, 2.05) is 0 Å². The SMILES string of the molecule is CC(C)C1=C2C[C@H](O)[C@H](C)[C@@H]3CCC(=O)/C3=C/[C@@]2(C)CC1. The predicted octanol–water partition coefficient (Wildman–Crippen LogP) is 4.05. The Balaban J connectivity index is 2.13. The predicted molar refractivity (Wildman–Crippen MR) is 84.8 cm³/mol. The maximum Gasteiger partial charge on any atom is 0.158 e. The third-order valence-electron chi connectivity index (χ3n) is 6.22. The Bertz CT molecular complexity index is 526. The second-order valence-electron chi connectivity index (χ2n) is 7.87. The van der Waals surface area contributed by atoms with Crippen LogP contribution in [-0.2, 0) is 4.79 Å². The van der Waals surface area contributed by atoms with Crippen molar-refractivity contribution in [3.05, 3.63) is 22.8 Å². The standard InChI is InChI=1S/C19H28O2/c1-11(2)13-7-8-19(4)10-15-14(5-6-17(15)20)12(3)18(21)9-16(13)19/h10-12,14,18,21H,5-9H2,1-4H3/b15-10+/t12-,14+,18+,19-/m1/s1. The van der Waals surface area contributed by atoms with Gasteiger partial charge in [0.15, 0.2) is 5.78 Å². The largest absolute Gasteiger partial charge is 0.392 e. The number of aliphatic hydroxyl groups excluding tert-OH is 1. The van der Waals surface area contributed by atoms with Gasteiger partial charge in [-0.25, -0.2) is 0 Å². The Morgan fingerprint density at radius 3 is 2.71 bits per heavy atom. The zero-order chi connectivity index (χ0) is 15.4. The molecule has 0 heterocycles. The van der Waals surface area contributed by atoms with Crippen LogP contribution in [0.1, 0.15) is 59.8 Å². The third kappa shape index (κ3) is 2.32. The van der Waals surface area contributed by atoms with Crippen LogP contribution in [0, 0.1) is 23.2 Å². The van der Waals surface area contributed by atoms with Gasteiger partial charge in [0.05, 0.1) is 6.10 Å². The molecule has 0 aromatic heterocycles. The Morgan fingerprint density at radius 1 is 1.33 bits per heavy atom. The number of carbonyl (C=O) groups excluding carboxylic acids is 1. The van der Waals surface area contributed by atoms with E-state index in [1.54, 1.807) is 0 Å². The zero-order valence-electron chi connectivity index (χ0n) is 13.8. The molecule has 21 heavy (non-hydrogen) atoms. The minimum absolute atomic E-state index is 0.00565. The van der Waals surface area contributed by atoms with Crippen molar-refractivity contribution in [1.29, 1.82) is 0 Å². The van der Waals surface area contributed by atoms with Crippen LogP contribution in [0.15, 0.2) is 22.8 Å². The van der Waals surface area contributed by atoms with Crippen LogP contribution in [0.25, 0.3) is 0 Å². The van der Waals surface area contributed by atoms with E-state index in [1.165, 1.54) is 11.1 Å². The molecule has 1 fully saturated rings. The monoisotopic (exact) mass is 288 g/mol. The van der Waals surface area contributed by atoms with Gasteiger partial charge in [0.25, 0.3) is 0 Å². The van der Waals surface area contributed by atoms with E-state index in [-0.39, 0.29) is 23.4 Å². The van der Waals surface area contributed by atoms with Gasteiger partial charge in [-0.15, -0.1) is 0 Å². The molecule has 3 aliphatic carbocycles. The maximum atomic E-state index is 12.3. The van der Waals surface area contributed by atoms with Gasteiger partial charge in [-0.2, -0.15) is 0 Å². The van der Waals surface area contributed by atoms with Crippen LogP contribution in [-0.4, -0.2) is 17.0 Å². The molecular formula is C19H28O2. The van der Waals surface area contributed by atoms with Crippen molar-refractivity contribution in [3.63, 3.8) is 0 Å². The average molecular weight is 288 g/mol. The molecule has 0 aromatic rings. The lowest BCUT2D eigenvalue weighted by atomic mass is 9.71. The molecule has 0 aromatic carbocycles. The summed E-state index contributed by atoms with van der Waals surface area (Å²) in [4.78, 5) is 12.3.